The van der Waals surface area contributed by atoms with Crippen molar-refractivity contribution in [2.24, 2.45) is 0 Å². The van der Waals surface area contributed by atoms with Crippen molar-refractivity contribution in [1.82, 2.24) is 0 Å². The maximum Gasteiger partial charge on any atom is 0.472 e. The van der Waals surface area contributed by atoms with Crippen LogP contribution in [0.25, 0.3) is 0 Å². The summed E-state index contributed by atoms with van der Waals surface area (Å²) in [4.78, 5) is 50.9. The molecule has 0 aromatic heterocycles. The number of esters is 3. The van der Waals surface area contributed by atoms with Crippen LogP contribution < -0.4 is 0 Å². The summed E-state index contributed by atoms with van der Waals surface area (Å²) in [6, 6.07) is 0. The minimum absolute atomic E-state index is 0.0295. The standard InChI is InChI=1S/C74H135O24P/c1-4-7-10-13-16-19-22-25-27-28-30-32-35-37-40-43-46-49-59(77)91-54-57-62(80)64(82)69(87)74(95-57)97-71-67(85)65(83)66(84)70(96-73-68(86)63(81)61(79)56(51-75)94-73)72(71)98-99(88,89)92-53-55(93-60(78)50-47-44-41-38-33-24-21-18-15-12-9-6-3)52-90-58(76)48-45-42-39-36-34-31-29-26-23-20-17-14-11-8-5-2/h39,42,45,48,55-57,61-75,79-87H,4-38,40-41,43-44,46-47,49-54H2,1-3H3,(H,88,89)/b42-39+,48-45+. The molecule has 3 fully saturated rings. The van der Waals surface area contributed by atoms with E-state index < -0.39 is 156 Å². The Balaban J connectivity index is 1.72. The van der Waals surface area contributed by atoms with Gasteiger partial charge in [0.05, 0.1) is 13.2 Å². The third kappa shape index (κ3) is 38.9. The number of phosphoric ester groups is 1. The third-order valence-electron chi connectivity index (χ3n) is 19.1. The van der Waals surface area contributed by atoms with Crippen molar-refractivity contribution in [3.8, 4) is 0 Å². The van der Waals surface area contributed by atoms with Crippen LogP contribution in [0.2, 0.25) is 0 Å². The first-order chi connectivity index (χ1) is 47.8. The maximum absolute atomic E-state index is 14.3. The number of carbonyl (C=O) groups excluding carboxylic acids is 3. The second kappa shape index (κ2) is 55.9. The highest BCUT2D eigenvalue weighted by Gasteiger charge is 2.58. The van der Waals surface area contributed by atoms with E-state index in [9.17, 15) is 74.9 Å². The molecule has 1 aliphatic carbocycles. The van der Waals surface area contributed by atoms with Gasteiger partial charge in [-0.15, -0.1) is 0 Å². The maximum atomic E-state index is 14.3. The monoisotopic (exact) mass is 1440 g/mol. The summed E-state index contributed by atoms with van der Waals surface area (Å²) >= 11 is 0. The Hall–Kier alpha value is -2.56. The lowest BCUT2D eigenvalue weighted by atomic mass is 9.84. The molecule has 0 amide bonds. The zero-order valence-electron chi connectivity index (χ0n) is 60.5. The Labute approximate surface area is 592 Å². The highest BCUT2D eigenvalue weighted by Crippen LogP contribution is 2.49. The van der Waals surface area contributed by atoms with E-state index in [1.54, 1.807) is 6.08 Å². The van der Waals surface area contributed by atoms with Gasteiger partial charge >= 0.3 is 25.7 Å². The van der Waals surface area contributed by atoms with Crippen LogP contribution in [0.4, 0.5) is 0 Å². The smallest absolute Gasteiger partial charge is 0.463 e. The van der Waals surface area contributed by atoms with E-state index in [4.69, 9.17) is 42.2 Å². The molecule has 2 heterocycles. The average molecular weight is 1440 g/mol. The number of carbonyl (C=O) groups is 3. The van der Waals surface area contributed by atoms with Crippen LogP contribution in [0.1, 0.15) is 297 Å². The number of aliphatic hydroxyl groups excluding tert-OH is 10. The van der Waals surface area contributed by atoms with Crippen molar-refractivity contribution in [3.05, 3.63) is 24.3 Å². The van der Waals surface area contributed by atoms with Gasteiger partial charge in [-0.05, 0) is 25.7 Å². The van der Waals surface area contributed by atoms with Crippen LogP contribution in [-0.4, -0.2) is 204 Å². The highest BCUT2D eigenvalue weighted by atomic mass is 31.2. The largest absolute Gasteiger partial charge is 0.472 e. The number of unbranched alkanes of at least 4 members (excludes halogenated alkanes) is 38. The van der Waals surface area contributed by atoms with Gasteiger partial charge in [0.25, 0.3) is 0 Å². The second-order valence-corrected chi connectivity index (χ2v) is 29.2. The molecule has 3 rings (SSSR count). The molecular weight excluding hydrogens is 1300 g/mol. The molecule has 99 heavy (non-hydrogen) atoms. The molecule has 25 heteroatoms. The molecule has 1 saturated carbocycles. The lowest BCUT2D eigenvalue weighted by Gasteiger charge is -2.49. The van der Waals surface area contributed by atoms with Crippen molar-refractivity contribution in [3.63, 3.8) is 0 Å². The van der Waals surface area contributed by atoms with E-state index in [2.05, 4.69) is 20.8 Å². The fraction of sp³-hybridized carbons (Fsp3) is 0.905. The van der Waals surface area contributed by atoms with Gasteiger partial charge in [-0.3, -0.25) is 18.6 Å². The lowest BCUT2D eigenvalue weighted by Crippen LogP contribution is -2.69. The zero-order chi connectivity index (χ0) is 72.5. The van der Waals surface area contributed by atoms with E-state index in [-0.39, 0.29) is 12.8 Å². The summed E-state index contributed by atoms with van der Waals surface area (Å²) in [6.45, 7) is 3.34. The Morgan fingerprint density at radius 1 is 0.414 bits per heavy atom. The number of phosphoric acid groups is 1. The average Bonchev–Trinajstić information content (AvgIpc) is 0.763. The van der Waals surface area contributed by atoms with Crippen molar-refractivity contribution < 1.29 is 117 Å². The Morgan fingerprint density at radius 2 is 0.778 bits per heavy atom. The number of ether oxygens (including phenoxy) is 7. The van der Waals surface area contributed by atoms with Gasteiger partial charge < -0.3 is 89.1 Å². The molecule has 24 nitrogen and oxygen atoms in total. The quantitative estimate of drug-likeness (QED) is 0.00673. The topological polar surface area (TPSA) is 374 Å². The first kappa shape index (κ1) is 90.7. The molecule has 580 valence electrons. The van der Waals surface area contributed by atoms with Crippen molar-refractivity contribution in [2.75, 3.05) is 26.4 Å². The molecule has 0 bridgehead atoms. The summed E-state index contributed by atoms with van der Waals surface area (Å²) in [5.41, 5.74) is 0. The van der Waals surface area contributed by atoms with Gasteiger partial charge in [-0.1, -0.05) is 277 Å². The zero-order valence-corrected chi connectivity index (χ0v) is 61.4. The van der Waals surface area contributed by atoms with E-state index in [0.29, 0.717) is 12.8 Å². The summed E-state index contributed by atoms with van der Waals surface area (Å²) < 4.78 is 64.8. The molecule has 11 N–H and O–H groups in total. The molecule has 18 atom stereocenters. The van der Waals surface area contributed by atoms with E-state index >= 15 is 0 Å². The third-order valence-corrected chi connectivity index (χ3v) is 20.1. The van der Waals surface area contributed by atoms with Gasteiger partial charge in [0.2, 0.25) is 0 Å². The molecule has 2 saturated heterocycles. The minimum atomic E-state index is -5.71. The summed E-state index contributed by atoms with van der Waals surface area (Å²) in [7, 11) is -5.71. The van der Waals surface area contributed by atoms with Gasteiger partial charge in [0.1, 0.15) is 98.7 Å². The predicted molar refractivity (Wildman–Crippen MR) is 374 cm³/mol. The Kier molecular flexibility index (Phi) is 51.2. The number of rotatable bonds is 60. The molecule has 0 radical (unpaired) electrons. The van der Waals surface area contributed by atoms with E-state index in [1.807, 2.05) is 6.08 Å². The Bertz CT molecular complexity index is 2140. The van der Waals surface area contributed by atoms with Gasteiger partial charge in [0, 0.05) is 18.9 Å². The SMILES string of the molecule is CCCCCCCCCCCCC/C=C/C=C/C(=O)OCC(COP(=O)(O)OC1C(OC2OC(CO)C(O)C(O)C2O)C(O)C(O)C(O)C1OC1OC(COC(=O)CCCCCCCCCCCCCCCCCCC)C(O)C(O)C1O)OC(=O)CCCCCCCCCCCCCC. The van der Waals surface area contributed by atoms with E-state index in [0.717, 1.165) is 96.0 Å². The molecule has 2 aliphatic heterocycles. The van der Waals surface area contributed by atoms with Gasteiger partial charge in [0.15, 0.2) is 18.7 Å². The fourth-order valence-corrected chi connectivity index (χ4v) is 13.8. The number of aliphatic hydroxyl groups is 10. The van der Waals surface area contributed by atoms with Crippen LogP contribution >= 0.6 is 7.82 Å². The predicted octanol–water partition coefficient (Wildman–Crippen LogP) is 10.9. The normalized spacial score (nSPS) is 27.6. The number of hydrogen-bond donors (Lipinski definition) is 11. The fourth-order valence-electron chi connectivity index (χ4n) is 12.8. The van der Waals surface area contributed by atoms with Crippen LogP contribution in [0, 0.1) is 0 Å². The molecule has 3 aliphatic rings. The highest BCUT2D eigenvalue weighted by molar-refractivity contribution is 7.47. The molecule has 0 aromatic carbocycles. The van der Waals surface area contributed by atoms with Gasteiger partial charge in [-0.2, -0.15) is 0 Å². The minimum Gasteiger partial charge on any atom is -0.463 e. The molecule has 18 unspecified atom stereocenters. The van der Waals surface area contributed by atoms with Crippen molar-refractivity contribution in [2.45, 2.75) is 401 Å². The van der Waals surface area contributed by atoms with Crippen LogP contribution in [0.5, 0.6) is 0 Å². The lowest BCUT2D eigenvalue weighted by molar-refractivity contribution is -0.360. The number of hydrogen-bond acceptors (Lipinski definition) is 23. The molecule has 0 spiro atoms. The summed E-state index contributed by atoms with van der Waals surface area (Å²) in [6.07, 6.45) is 17.4. The van der Waals surface area contributed by atoms with Crippen LogP contribution in [0.15, 0.2) is 24.3 Å². The van der Waals surface area contributed by atoms with Crippen molar-refractivity contribution in [1.29, 1.82) is 0 Å². The Morgan fingerprint density at radius 3 is 1.19 bits per heavy atom. The van der Waals surface area contributed by atoms with Gasteiger partial charge in [-0.25, -0.2) is 9.36 Å². The molecule has 0 aromatic rings. The number of allylic oxidation sites excluding steroid dienone is 3. The van der Waals surface area contributed by atoms with E-state index in [1.165, 1.54) is 167 Å². The first-order valence-corrected chi connectivity index (χ1v) is 40.2. The van der Waals surface area contributed by atoms with Crippen LogP contribution in [-0.2, 0) is 61.2 Å². The molecular formula is C74H135O24P. The summed E-state index contributed by atoms with van der Waals surface area (Å²) in [5.74, 6) is -2.24. The first-order valence-electron chi connectivity index (χ1n) is 38.7. The summed E-state index contributed by atoms with van der Waals surface area (Å²) in [5, 5.41) is 110. The second-order valence-electron chi connectivity index (χ2n) is 27.8. The van der Waals surface area contributed by atoms with Crippen molar-refractivity contribution >= 4 is 25.7 Å². The van der Waals surface area contributed by atoms with Crippen LogP contribution in [0.3, 0.4) is 0 Å².